The molecular weight excluding hydrogens is 239 g/mol. The number of hydrogen-bond acceptors (Lipinski definition) is 4. The molecule has 0 N–H and O–H groups in total. The normalized spacial score (nSPS) is 24.8. The summed E-state index contributed by atoms with van der Waals surface area (Å²) in [6, 6.07) is 7.55. The van der Waals surface area contributed by atoms with E-state index in [9.17, 15) is 0 Å². The second-order valence-electron chi connectivity index (χ2n) is 4.10. The standard InChI is InChI=1S/C12H15O4P/c1-3-13-17(9-8-10(2)14-17)15-11-6-4-5-7-12(11)16-17/h4-8H,3,9H2,1-2H3. The SMILES string of the molecule is CCOP12(CC=C(C)O1)Oc1ccccc1O2. The van der Waals surface area contributed by atoms with Crippen LogP contribution in [0.2, 0.25) is 0 Å². The Labute approximate surface area is 100 Å². The van der Waals surface area contributed by atoms with E-state index in [0.29, 0.717) is 24.3 Å². The summed E-state index contributed by atoms with van der Waals surface area (Å²) in [7, 11) is -3.46. The summed E-state index contributed by atoms with van der Waals surface area (Å²) < 4.78 is 23.6. The minimum atomic E-state index is -3.46. The molecule has 4 nitrogen and oxygen atoms in total. The Morgan fingerprint density at radius 3 is 2.29 bits per heavy atom. The van der Waals surface area contributed by atoms with Gasteiger partial charge in [-0.3, -0.25) is 0 Å². The summed E-state index contributed by atoms with van der Waals surface area (Å²) in [5.41, 5.74) is 0. The van der Waals surface area contributed by atoms with E-state index in [2.05, 4.69) is 0 Å². The third-order valence-corrected chi connectivity index (χ3v) is 6.05. The molecule has 3 rings (SSSR count). The zero-order valence-electron chi connectivity index (χ0n) is 9.88. The van der Waals surface area contributed by atoms with Gasteiger partial charge >= 0.3 is 99.8 Å². The first-order valence-electron chi connectivity index (χ1n) is 5.68. The molecule has 17 heavy (non-hydrogen) atoms. The van der Waals surface area contributed by atoms with Crippen molar-refractivity contribution in [3.8, 4) is 11.5 Å². The van der Waals surface area contributed by atoms with Crippen LogP contribution >= 0.6 is 7.51 Å². The second kappa shape index (κ2) is 3.37. The fourth-order valence-corrected chi connectivity index (χ4v) is 5.47. The summed E-state index contributed by atoms with van der Waals surface area (Å²) in [6.45, 7) is 4.29. The van der Waals surface area contributed by atoms with Gasteiger partial charge in [0, 0.05) is 0 Å². The van der Waals surface area contributed by atoms with Gasteiger partial charge in [0.15, 0.2) is 0 Å². The van der Waals surface area contributed by atoms with Gasteiger partial charge < -0.3 is 0 Å². The van der Waals surface area contributed by atoms with Crippen LogP contribution in [0.5, 0.6) is 11.5 Å². The average Bonchev–Trinajstić information content (AvgIpc) is 2.78. The van der Waals surface area contributed by atoms with Crippen molar-refractivity contribution in [3.05, 3.63) is 36.1 Å². The Morgan fingerprint density at radius 1 is 1.18 bits per heavy atom. The molecule has 0 saturated heterocycles. The number of hydrogen-bond donors (Lipinski definition) is 0. The number of para-hydroxylation sites is 2. The molecule has 0 aliphatic carbocycles. The molecule has 0 atom stereocenters. The molecule has 1 aromatic carbocycles. The van der Waals surface area contributed by atoms with Gasteiger partial charge in [0.05, 0.1) is 0 Å². The second-order valence-corrected chi connectivity index (χ2v) is 7.20. The molecule has 0 fully saturated rings. The van der Waals surface area contributed by atoms with Crippen LogP contribution in [0.15, 0.2) is 36.1 Å². The number of rotatable bonds is 2. The quantitative estimate of drug-likeness (QED) is 0.755. The maximum atomic E-state index is 5.97. The molecule has 92 valence electrons. The molecule has 0 aromatic heterocycles. The molecule has 1 aromatic rings. The first-order chi connectivity index (χ1) is 8.15. The Morgan fingerprint density at radius 2 is 1.82 bits per heavy atom. The van der Waals surface area contributed by atoms with E-state index in [1.807, 2.05) is 44.2 Å². The van der Waals surface area contributed by atoms with Crippen molar-refractivity contribution in [1.29, 1.82) is 0 Å². The predicted octanol–water partition coefficient (Wildman–Crippen LogP) is 3.64. The van der Waals surface area contributed by atoms with Crippen LogP contribution in [-0.4, -0.2) is 12.8 Å². The van der Waals surface area contributed by atoms with Crippen LogP contribution in [0.4, 0.5) is 0 Å². The fourth-order valence-electron chi connectivity index (χ4n) is 2.12. The molecule has 0 bridgehead atoms. The number of fused-ring (bicyclic) bond motifs is 1. The Bertz CT molecular complexity index is 472. The molecule has 5 heteroatoms. The first kappa shape index (κ1) is 10.9. The summed E-state index contributed by atoms with van der Waals surface area (Å²) in [5.74, 6) is 2.19. The Kier molecular flexibility index (Phi) is 2.16. The van der Waals surface area contributed by atoms with Gasteiger partial charge in [0.2, 0.25) is 0 Å². The van der Waals surface area contributed by atoms with Gasteiger partial charge in [-0.2, -0.15) is 0 Å². The number of allylic oxidation sites excluding steroid dienone is 2. The molecule has 2 aliphatic heterocycles. The van der Waals surface area contributed by atoms with E-state index >= 15 is 0 Å². The zero-order valence-corrected chi connectivity index (χ0v) is 10.8. The molecule has 2 aliphatic rings. The van der Waals surface area contributed by atoms with Crippen LogP contribution in [0, 0.1) is 0 Å². The topological polar surface area (TPSA) is 36.9 Å². The van der Waals surface area contributed by atoms with E-state index in [1.54, 1.807) is 0 Å². The summed E-state index contributed by atoms with van der Waals surface area (Å²) >= 11 is 0. The fraction of sp³-hybridized carbons (Fsp3) is 0.333. The molecule has 0 unspecified atom stereocenters. The zero-order chi connectivity index (χ0) is 12.0. The Balaban J connectivity index is 2.02. The van der Waals surface area contributed by atoms with Crippen LogP contribution in [0.25, 0.3) is 0 Å². The van der Waals surface area contributed by atoms with Crippen molar-refractivity contribution < 1.29 is 18.1 Å². The number of benzene rings is 1. The van der Waals surface area contributed by atoms with Crippen molar-refractivity contribution in [2.75, 3.05) is 12.8 Å². The van der Waals surface area contributed by atoms with Crippen molar-refractivity contribution >= 4 is 7.51 Å². The summed E-state index contributed by atoms with van der Waals surface area (Å²) in [6.07, 6.45) is 2.50. The van der Waals surface area contributed by atoms with Gasteiger partial charge in [-0.05, 0) is 0 Å². The van der Waals surface area contributed by atoms with Gasteiger partial charge in [-0.15, -0.1) is 0 Å². The monoisotopic (exact) mass is 254 g/mol. The summed E-state index contributed by atoms with van der Waals surface area (Å²) in [4.78, 5) is 0. The first-order valence-corrected chi connectivity index (χ1v) is 7.77. The maximum absolute atomic E-state index is 5.97. The van der Waals surface area contributed by atoms with Crippen LogP contribution in [0.1, 0.15) is 13.8 Å². The van der Waals surface area contributed by atoms with Gasteiger partial charge in [0.25, 0.3) is 0 Å². The van der Waals surface area contributed by atoms with Gasteiger partial charge in [0.1, 0.15) is 0 Å². The van der Waals surface area contributed by atoms with Crippen molar-refractivity contribution in [2.24, 2.45) is 0 Å². The Hall–Kier alpha value is -1.25. The molecule has 2 heterocycles. The van der Waals surface area contributed by atoms with E-state index in [1.165, 1.54) is 0 Å². The van der Waals surface area contributed by atoms with E-state index < -0.39 is 7.51 Å². The van der Waals surface area contributed by atoms with Gasteiger partial charge in [-0.1, -0.05) is 0 Å². The van der Waals surface area contributed by atoms with Gasteiger partial charge in [-0.25, -0.2) is 0 Å². The van der Waals surface area contributed by atoms with Crippen molar-refractivity contribution in [2.45, 2.75) is 13.8 Å². The van der Waals surface area contributed by atoms with E-state index in [4.69, 9.17) is 18.1 Å². The average molecular weight is 254 g/mol. The minimum absolute atomic E-state index is 0.493. The van der Waals surface area contributed by atoms with Crippen LogP contribution < -0.4 is 9.05 Å². The van der Waals surface area contributed by atoms with Crippen molar-refractivity contribution in [3.63, 3.8) is 0 Å². The molecule has 1 spiro atoms. The molecule has 0 amide bonds. The van der Waals surface area contributed by atoms with E-state index in [-0.39, 0.29) is 0 Å². The summed E-state index contributed by atoms with van der Waals surface area (Å²) in [5, 5.41) is 0. The predicted molar refractivity (Wildman–Crippen MR) is 66.0 cm³/mol. The molecule has 0 saturated carbocycles. The molecular formula is C12H15O4P. The molecule has 0 radical (unpaired) electrons. The van der Waals surface area contributed by atoms with Crippen LogP contribution in [0.3, 0.4) is 0 Å². The van der Waals surface area contributed by atoms with Crippen molar-refractivity contribution in [1.82, 2.24) is 0 Å². The third-order valence-electron chi connectivity index (χ3n) is 2.77. The van der Waals surface area contributed by atoms with E-state index in [0.717, 1.165) is 5.76 Å². The van der Waals surface area contributed by atoms with Crippen LogP contribution in [-0.2, 0) is 9.05 Å². The third kappa shape index (κ3) is 1.52.